The number of amides is 8. The van der Waals surface area contributed by atoms with Crippen LogP contribution < -0.4 is 60.2 Å². The minimum atomic E-state index is -5.82. The van der Waals surface area contributed by atoms with Crippen LogP contribution >= 0.6 is 0 Å². The summed E-state index contributed by atoms with van der Waals surface area (Å²) in [4.78, 5) is 145. The fraction of sp³-hybridized carbons (Fsp3) is 0.707. The van der Waals surface area contributed by atoms with Crippen molar-refractivity contribution in [1.29, 1.82) is 0 Å². The lowest BCUT2D eigenvalue weighted by molar-refractivity contribution is -0.206. The number of alkyl halides is 6. The third-order valence-electron chi connectivity index (χ3n) is 10.4. The fourth-order valence-corrected chi connectivity index (χ4v) is 6.10. The van der Waals surface area contributed by atoms with E-state index in [2.05, 4.69) is 30.4 Å². The molecule has 0 aromatic heterocycles. The molecule has 0 aliphatic carbocycles. The number of hydrogen-bond acceptors (Lipinski definition) is 16. The van der Waals surface area contributed by atoms with Crippen molar-refractivity contribution in [3.8, 4) is 0 Å². The largest absolute Gasteiger partial charge is 0.490 e. The molecule has 0 bridgehead atoms. The van der Waals surface area contributed by atoms with Crippen LogP contribution in [0, 0.1) is 17.8 Å². The van der Waals surface area contributed by atoms with Gasteiger partial charge in [0.1, 0.15) is 42.4 Å². The average molecular weight is 1080 g/mol. The third kappa shape index (κ3) is 23.2. The smallest absolute Gasteiger partial charge is 0.480 e. The Morgan fingerprint density at radius 1 is 0.635 bits per heavy atom. The van der Waals surface area contributed by atoms with Crippen LogP contribution in [0.5, 0.6) is 0 Å². The van der Waals surface area contributed by atoms with E-state index in [-0.39, 0.29) is 44.1 Å². The molecule has 0 aliphatic heterocycles. The van der Waals surface area contributed by atoms with E-state index in [1.807, 2.05) is 5.32 Å². The predicted molar refractivity (Wildman–Crippen MR) is 242 cm³/mol. The topological polar surface area (TPSA) is 447 Å². The number of nitrogens with one attached hydrogen (secondary N) is 7. The number of carboxylic acids is 1. The zero-order chi connectivity index (χ0) is 57.7. The molecule has 33 heteroatoms. The number of ether oxygens (including phenoxy) is 2. The van der Waals surface area contributed by atoms with E-state index >= 15 is 0 Å². The number of rotatable bonds is 30. The summed E-state index contributed by atoms with van der Waals surface area (Å²) in [5.41, 5.74) is 21.8. The number of aliphatic hydroxyl groups excluding tert-OH is 1. The molecule has 0 aromatic rings. The molecule has 8 amide bonds. The first-order valence-electron chi connectivity index (χ1n) is 22.5. The van der Waals surface area contributed by atoms with Gasteiger partial charge in [-0.15, -0.1) is 0 Å². The van der Waals surface area contributed by atoms with Gasteiger partial charge in [0.2, 0.25) is 47.5 Å². The zero-order valence-electron chi connectivity index (χ0n) is 41.5. The monoisotopic (exact) mass is 1080 g/mol. The van der Waals surface area contributed by atoms with Crippen molar-refractivity contribution in [3.63, 3.8) is 0 Å². The van der Waals surface area contributed by atoms with Gasteiger partial charge in [0.15, 0.2) is 12.0 Å². The van der Waals surface area contributed by atoms with Gasteiger partial charge in [-0.1, -0.05) is 48.0 Å². The Balaban J connectivity index is 7.06. The highest BCUT2D eigenvalue weighted by atomic mass is 19.4. The van der Waals surface area contributed by atoms with Crippen molar-refractivity contribution >= 4 is 71.1 Å². The second-order valence-corrected chi connectivity index (χ2v) is 17.5. The highest BCUT2D eigenvalue weighted by molar-refractivity contribution is 5.99. The van der Waals surface area contributed by atoms with Crippen molar-refractivity contribution in [2.45, 2.75) is 154 Å². The van der Waals surface area contributed by atoms with Gasteiger partial charge < -0.3 is 79.8 Å². The molecule has 27 nitrogen and oxygen atoms in total. The SMILES string of the molecule is CC[C@H](C)[C@H](NC(=O)[C@@H](CCCN=C(N)N)NC(=O)[C@H](CC(C)C)NC(=O)[C@@H](N)[C@H](O)C(C)C)C(=O)N[C@H](C(=O)NCC(=O)N[C@H](C(=O)N[C@@H](C)C(=O)O)[C@H](OC(=O)C(F)(F)F)C(N)=O)[C@H](C)OC(=O)C(F)(F)F. The molecule has 0 spiro atoms. The van der Waals surface area contributed by atoms with Crippen LogP contribution in [0.3, 0.4) is 0 Å². The van der Waals surface area contributed by atoms with Crippen molar-refractivity contribution in [2.24, 2.45) is 45.7 Å². The van der Waals surface area contributed by atoms with Crippen LogP contribution in [0.15, 0.2) is 4.99 Å². The molecule has 11 atom stereocenters. The van der Waals surface area contributed by atoms with Gasteiger partial charge in [0, 0.05) is 6.54 Å². The summed E-state index contributed by atoms with van der Waals surface area (Å²) in [6, 6.07) is -13.2. The zero-order valence-corrected chi connectivity index (χ0v) is 41.5. The van der Waals surface area contributed by atoms with Gasteiger partial charge in [-0.2, -0.15) is 26.3 Å². The number of guanidine groups is 1. The maximum atomic E-state index is 14.1. The highest BCUT2D eigenvalue weighted by Gasteiger charge is 2.48. The predicted octanol–water partition coefficient (Wildman–Crippen LogP) is -3.94. The maximum Gasteiger partial charge on any atom is 0.490 e. The van der Waals surface area contributed by atoms with Gasteiger partial charge in [-0.05, 0) is 50.9 Å². The van der Waals surface area contributed by atoms with Gasteiger partial charge in [0.05, 0.1) is 12.6 Å². The quantitative estimate of drug-likeness (QED) is 0.0107. The first-order chi connectivity index (χ1) is 33.9. The first-order valence-corrected chi connectivity index (χ1v) is 22.5. The Morgan fingerprint density at radius 2 is 1.14 bits per heavy atom. The molecule has 0 fully saturated rings. The minimum Gasteiger partial charge on any atom is -0.480 e. The second kappa shape index (κ2) is 30.2. The number of esters is 2. The summed E-state index contributed by atoms with van der Waals surface area (Å²) in [7, 11) is 0. The molecular weight excluding hydrogens is 1010 g/mol. The number of aliphatic imine (C=N–C) groups is 1. The molecule has 0 rings (SSSR count). The number of halogens is 6. The molecule has 0 radical (unpaired) electrons. The lowest BCUT2D eigenvalue weighted by Gasteiger charge is -2.31. The molecule has 0 unspecified atom stereocenters. The van der Waals surface area contributed by atoms with Gasteiger partial charge in [-0.3, -0.25) is 48.1 Å². The van der Waals surface area contributed by atoms with Crippen LogP contribution in [-0.4, -0.2) is 167 Å². The Hall–Kier alpha value is -7.06. The third-order valence-corrected chi connectivity index (χ3v) is 10.4. The van der Waals surface area contributed by atoms with Crippen molar-refractivity contribution < 1.29 is 98.8 Å². The number of nitrogens with zero attached hydrogens (tertiary/aromatic N) is 1. The molecule has 0 aromatic carbocycles. The van der Waals surface area contributed by atoms with E-state index in [0.29, 0.717) is 6.92 Å². The summed E-state index contributed by atoms with van der Waals surface area (Å²) < 4.78 is 87.5. The fourth-order valence-electron chi connectivity index (χ4n) is 6.10. The number of carbonyl (C=O) groups is 11. The number of aliphatic hydroxyl groups is 1. The van der Waals surface area contributed by atoms with Gasteiger partial charge in [0.25, 0.3) is 5.91 Å². The Morgan fingerprint density at radius 3 is 1.61 bits per heavy atom. The molecule has 422 valence electrons. The number of nitrogens with two attached hydrogens (primary N) is 4. The van der Waals surface area contributed by atoms with E-state index in [9.17, 15) is 84.2 Å². The van der Waals surface area contributed by atoms with Crippen LogP contribution in [0.25, 0.3) is 0 Å². The molecule has 0 heterocycles. The average Bonchev–Trinajstić information content (AvgIpc) is 3.28. The number of hydrogen-bond donors (Lipinski definition) is 13. The van der Waals surface area contributed by atoms with Crippen LogP contribution in [0.2, 0.25) is 0 Å². The van der Waals surface area contributed by atoms with Gasteiger partial charge in [-0.25, -0.2) is 9.59 Å². The van der Waals surface area contributed by atoms with Crippen molar-refractivity contribution in [1.82, 2.24) is 37.2 Å². The number of carbonyl (C=O) groups excluding carboxylic acids is 10. The molecule has 0 aliphatic rings. The highest BCUT2D eigenvalue weighted by Crippen LogP contribution is 2.20. The van der Waals surface area contributed by atoms with Crippen molar-refractivity contribution in [2.75, 3.05) is 13.1 Å². The molecular formula is C41H66F6N12O15. The molecule has 74 heavy (non-hydrogen) atoms. The number of carboxylic acid groups (broad SMARTS) is 1. The van der Waals surface area contributed by atoms with Crippen molar-refractivity contribution in [3.05, 3.63) is 0 Å². The Kier molecular flexibility index (Phi) is 27.3. The summed E-state index contributed by atoms with van der Waals surface area (Å²) in [6.07, 6.45) is -18.3. The van der Waals surface area contributed by atoms with Gasteiger partial charge >= 0.3 is 30.3 Å². The summed E-state index contributed by atoms with van der Waals surface area (Å²) >= 11 is 0. The summed E-state index contributed by atoms with van der Waals surface area (Å²) in [6.45, 7) is 9.43. The lowest BCUT2D eigenvalue weighted by Crippen LogP contribution is -2.63. The molecule has 0 saturated carbocycles. The Bertz CT molecular complexity index is 2040. The first kappa shape index (κ1) is 66.9. The van der Waals surface area contributed by atoms with Crippen LogP contribution in [0.4, 0.5) is 26.3 Å². The number of aliphatic carboxylic acids is 1. The van der Waals surface area contributed by atoms with Crippen LogP contribution in [-0.2, 0) is 62.2 Å². The summed E-state index contributed by atoms with van der Waals surface area (Å²) in [5, 5.41) is 34.0. The van der Waals surface area contributed by atoms with E-state index < -0.39 is 157 Å². The minimum absolute atomic E-state index is 0.00417. The Labute approximate surface area is 419 Å². The maximum absolute atomic E-state index is 14.1. The van der Waals surface area contributed by atoms with E-state index in [1.54, 1.807) is 43.6 Å². The van der Waals surface area contributed by atoms with E-state index in [1.165, 1.54) is 13.8 Å². The molecule has 0 saturated heterocycles. The normalized spacial score (nSPS) is 16.1. The van der Waals surface area contributed by atoms with Crippen LogP contribution in [0.1, 0.15) is 81.1 Å². The lowest BCUT2D eigenvalue weighted by atomic mass is 9.96. The van der Waals surface area contributed by atoms with E-state index in [0.717, 1.165) is 6.92 Å². The standard InChI is InChI=1S/C41H66F6N12O15/c1-9-17(6)24(58-30(63)20(11-10-12-52-39(50)51)55-31(64)21(13-15(2)3)56-32(65)23(48)27(61)16(4)5)34(67)59-25(19(8)73-37(71)40(42,43)44)33(66)53-14-22(60)57-26(35(68)54-18(7)36(69)70)28(29(49)62)74-38(72)41(45,46)47/h15-21,23-28,61H,9-14,48H2,1-8H3,(H2,49,62)(H,53,66)(H,54,68)(H,55,64)(H,56,65)(H,57,60)(H,58,63)(H,59,67)(H,69,70)(H4,50,51,52)/t17-,18-,19-,20+,21-,23-,24-,25-,26-,27+,28-/m0/s1. The summed E-state index contributed by atoms with van der Waals surface area (Å²) in [5.74, 6) is -21.2. The second-order valence-electron chi connectivity index (χ2n) is 17.5. The molecule has 17 N–H and O–H groups in total. The number of primary amides is 1. The van der Waals surface area contributed by atoms with E-state index in [4.69, 9.17) is 28.0 Å².